The third-order valence-electron chi connectivity index (χ3n) is 0.514. The van der Waals surface area contributed by atoms with Crippen LogP contribution < -0.4 is 4.72 Å². The van der Waals surface area contributed by atoms with Gasteiger partial charge in [-0.2, -0.15) is 0 Å². The summed E-state index contributed by atoms with van der Waals surface area (Å²) < 4.78 is 44.0. The maximum Gasteiger partial charge on any atom is 0.232 e. The summed E-state index contributed by atoms with van der Waals surface area (Å²) in [6, 6.07) is 0. The highest BCUT2D eigenvalue weighted by atomic mass is 32.2. The summed E-state index contributed by atoms with van der Waals surface area (Å²) in [7, 11) is -6.79. The molecule has 0 heterocycles. The van der Waals surface area contributed by atoms with Gasteiger partial charge < -0.3 is 0 Å². The molecule has 9 nitrogen and oxygen atoms in total. The van der Waals surface area contributed by atoms with Crippen LogP contribution >= 0.6 is 0 Å². The van der Waals surface area contributed by atoms with Crippen molar-refractivity contribution in [3.05, 3.63) is 10.4 Å². The minimum Gasteiger partial charge on any atom is -0.274 e. The monoisotopic (exact) mass is 258 g/mol. The van der Waals surface area contributed by atoms with Crippen LogP contribution in [0.4, 0.5) is 0 Å². The zero-order valence-electron chi connectivity index (χ0n) is 8.20. The molecule has 0 radical (unpaired) electrons. The van der Waals surface area contributed by atoms with Crippen molar-refractivity contribution in [1.82, 2.24) is 4.72 Å². The van der Waals surface area contributed by atoms with Crippen LogP contribution in [0.5, 0.6) is 0 Å². The number of carbonyl (C=O) groups is 1. The predicted molar refractivity (Wildman–Crippen MR) is 52.7 cm³/mol. The average molecular weight is 258 g/mol. The summed E-state index contributed by atoms with van der Waals surface area (Å²) in [4.78, 5) is 12.0. The number of hydrogen-bond donors (Lipinski definition) is 1. The van der Waals surface area contributed by atoms with Crippen molar-refractivity contribution in [3.8, 4) is 0 Å². The molecule has 0 aliphatic carbocycles. The molecule has 15 heavy (non-hydrogen) atoms. The van der Waals surface area contributed by atoms with E-state index < -0.39 is 26.0 Å². The molecule has 88 valence electrons. The SMILES string of the molecule is CC(=O)NS(C)(=O)=O.CS(=O)(=O)N=[N+]=[N-]. The Labute approximate surface area is 87.2 Å². The van der Waals surface area contributed by atoms with E-state index in [4.69, 9.17) is 5.53 Å². The first kappa shape index (κ1) is 16.1. The summed E-state index contributed by atoms with van der Waals surface area (Å²) in [6.45, 7) is 1.14. The van der Waals surface area contributed by atoms with Crippen molar-refractivity contribution in [2.75, 3.05) is 12.5 Å². The van der Waals surface area contributed by atoms with E-state index in [1.54, 1.807) is 4.72 Å². The van der Waals surface area contributed by atoms with Gasteiger partial charge in [0.15, 0.2) is 0 Å². The number of amides is 1. The van der Waals surface area contributed by atoms with Crippen LogP contribution in [0.1, 0.15) is 6.92 Å². The van der Waals surface area contributed by atoms with Crippen LogP contribution in [-0.4, -0.2) is 35.3 Å². The lowest BCUT2D eigenvalue weighted by molar-refractivity contribution is -0.117. The Balaban J connectivity index is 0. The molecular formula is C4H10N4O5S2. The lowest BCUT2D eigenvalue weighted by Gasteiger charge is -1.93. The van der Waals surface area contributed by atoms with Gasteiger partial charge in [-0.3, -0.25) is 9.52 Å². The van der Waals surface area contributed by atoms with Gasteiger partial charge in [0.2, 0.25) is 26.0 Å². The molecule has 1 amide bonds. The highest BCUT2D eigenvalue weighted by molar-refractivity contribution is 7.89. The zero-order chi connectivity index (χ0) is 12.7. The van der Waals surface area contributed by atoms with Crippen LogP contribution in [0, 0.1) is 0 Å². The molecule has 0 saturated heterocycles. The van der Waals surface area contributed by atoms with Gasteiger partial charge in [-0.05, 0) is 5.53 Å². The molecule has 0 aliphatic heterocycles. The van der Waals surface area contributed by atoms with E-state index in [1.807, 2.05) is 4.91 Å². The molecular weight excluding hydrogens is 248 g/mol. The van der Waals surface area contributed by atoms with Gasteiger partial charge in [0.25, 0.3) is 0 Å². The zero-order valence-corrected chi connectivity index (χ0v) is 9.83. The molecule has 0 aromatic carbocycles. The summed E-state index contributed by atoms with van der Waals surface area (Å²) >= 11 is 0. The van der Waals surface area contributed by atoms with Crippen molar-refractivity contribution >= 4 is 26.0 Å². The molecule has 0 rings (SSSR count). The van der Waals surface area contributed by atoms with Crippen molar-refractivity contribution in [1.29, 1.82) is 0 Å². The molecule has 0 aliphatic rings. The summed E-state index contributed by atoms with van der Waals surface area (Å²) in [6.07, 6.45) is 1.75. The van der Waals surface area contributed by atoms with Gasteiger partial charge in [-0.15, -0.1) is 0 Å². The standard InChI is InChI=1S/C3H7NO3S.CH3N3O2S/c1-3(5)4-8(2,6)7;1-7(5,6)4-3-2/h1-2H3,(H,4,5);1H3. The topological polar surface area (TPSA) is 146 Å². The van der Waals surface area contributed by atoms with Gasteiger partial charge in [-0.1, -0.05) is 0 Å². The second-order valence-corrected chi connectivity index (χ2v) is 5.71. The Morgan fingerprint density at radius 3 is 1.67 bits per heavy atom. The van der Waals surface area contributed by atoms with Gasteiger partial charge in [0, 0.05) is 22.6 Å². The number of rotatable bonds is 2. The Morgan fingerprint density at radius 2 is 1.67 bits per heavy atom. The van der Waals surface area contributed by atoms with E-state index in [-0.39, 0.29) is 0 Å². The fourth-order valence-electron chi connectivity index (χ4n) is 0.327. The summed E-state index contributed by atoms with van der Waals surface area (Å²) in [5.74, 6) is -0.562. The highest BCUT2D eigenvalue weighted by Gasteiger charge is 1.99. The lowest BCUT2D eigenvalue weighted by Crippen LogP contribution is -2.26. The molecule has 11 heteroatoms. The number of nitrogens with one attached hydrogen (secondary N) is 1. The number of hydrogen-bond acceptors (Lipinski definition) is 5. The second-order valence-electron chi connectivity index (χ2n) is 2.33. The van der Waals surface area contributed by atoms with Crippen LogP contribution in [-0.2, 0) is 24.8 Å². The van der Waals surface area contributed by atoms with E-state index >= 15 is 0 Å². The Kier molecular flexibility index (Phi) is 6.68. The highest BCUT2D eigenvalue weighted by Crippen LogP contribution is 1.80. The smallest absolute Gasteiger partial charge is 0.232 e. The van der Waals surface area contributed by atoms with Gasteiger partial charge in [-0.25, -0.2) is 16.8 Å². The van der Waals surface area contributed by atoms with Crippen molar-refractivity contribution in [3.63, 3.8) is 0 Å². The number of nitrogens with zero attached hydrogens (tertiary/aromatic N) is 3. The fourth-order valence-corrected chi connectivity index (χ4v) is 0.982. The first-order chi connectivity index (χ1) is 6.48. The first-order valence-corrected chi connectivity index (χ1v) is 6.96. The average Bonchev–Trinajstić information content (AvgIpc) is 1.77. The largest absolute Gasteiger partial charge is 0.274 e. The molecule has 0 aromatic rings. The number of azide groups is 1. The minimum absolute atomic E-state index is 0.562. The minimum atomic E-state index is -3.47. The van der Waals surface area contributed by atoms with Crippen molar-refractivity contribution < 1.29 is 21.6 Å². The van der Waals surface area contributed by atoms with Gasteiger partial charge in [0.1, 0.15) is 0 Å². The summed E-state index contributed by atoms with van der Waals surface area (Å²) in [5.41, 5.74) is 7.48. The Hall–Kier alpha value is -1.32. The fraction of sp³-hybridized carbons (Fsp3) is 0.750. The molecule has 0 saturated carbocycles. The molecule has 0 bridgehead atoms. The van der Waals surface area contributed by atoms with Crippen LogP contribution in [0.3, 0.4) is 0 Å². The van der Waals surface area contributed by atoms with E-state index in [0.29, 0.717) is 0 Å². The predicted octanol–water partition coefficient (Wildman–Crippen LogP) is -0.662. The third kappa shape index (κ3) is 24.5. The number of sulfonamides is 2. The molecule has 0 aromatic heterocycles. The van der Waals surface area contributed by atoms with Crippen LogP contribution in [0.15, 0.2) is 4.52 Å². The third-order valence-corrected chi connectivity index (χ3v) is 1.54. The van der Waals surface area contributed by atoms with Crippen LogP contribution in [0.2, 0.25) is 0 Å². The van der Waals surface area contributed by atoms with Gasteiger partial charge in [0.05, 0.1) is 6.26 Å². The van der Waals surface area contributed by atoms with Crippen molar-refractivity contribution in [2.45, 2.75) is 6.92 Å². The second kappa shape index (κ2) is 6.22. The molecule has 0 fully saturated rings. The van der Waals surface area contributed by atoms with E-state index in [9.17, 15) is 21.6 Å². The lowest BCUT2D eigenvalue weighted by atomic mass is 10.8. The van der Waals surface area contributed by atoms with Crippen LogP contribution in [0.25, 0.3) is 10.4 Å². The molecule has 0 atom stereocenters. The van der Waals surface area contributed by atoms with E-state index in [2.05, 4.69) is 4.52 Å². The van der Waals surface area contributed by atoms with E-state index in [0.717, 1.165) is 19.4 Å². The first-order valence-electron chi connectivity index (χ1n) is 3.22. The molecule has 1 N–H and O–H groups in total. The summed E-state index contributed by atoms with van der Waals surface area (Å²) in [5, 5.41) is 0. The normalized spacial score (nSPS) is 10.3. The van der Waals surface area contributed by atoms with Crippen molar-refractivity contribution in [2.24, 2.45) is 4.52 Å². The number of carbonyl (C=O) groups excluding carboxylic acids is 1. The molecule has 0 spiro atoms. The Morgan fingerprint density at radius 1 is 1.27 bits per heavy atom. The van der Waals surface area contributed by atoms with E-state index in [1.165, 1.54) is 0 Å². The maximum absolute atomic E-state index is 10.1. The quantitative estimate of drug-likeness (QED) is 0.396. The maximum atomic E-state index is 10.1. The molecule has 0 unspecified atom stereocenters. The Bertz CT molecular complexity index is 457. The van der Waals surface area contributed by atoms with Gasteiger partial charge >= 0.3 is 0 Å².